The highest BCUT2D eigenvalue weighted by atomic mass is 32.2. The van der Waals surface area contributed by atoms with E-state index in [1.165, 1.54) is 11.8 Å². The van der Waals surface area contributed by atoms with E-state index in [4.69, 9.17) is 5.84 Å². The van der Waals surface area contributed by atoms with Crippen LogP contribution in [0.1, 0.15) is 29.2 Å². The molecule has 0 aromatic heterocycles. The van der Waals surface area contributed by atoms with Crippen LogP contribution in [-0.4, -0.2) is 20.4 Å². The van der Waals surface area contributed by atoms with Gasteiger partial charge in [0.2, 0.25) is 0 Å². The predicted octanol–water partition coefficient (Wildman–Crippen LogP) is 1.24. The molecule has 5 heteroatoms. The predicted molar refractivity (Wildman–Crippen MR) is 70.3 cm³/mol. The summed E-state index contributed by atoms with van der Waals surface area (Å²) in [6, 6.07) is 5.95. The molecule has 3 N–H and O–H groups in total. The molecule has 1 aromatic carbocycles. The van der Waals surface area contributed by atoms with Gasteiger partial charge in [-0.05, 0) is 31.4 Å². The molecule has 96 valence electrons. The average molecular weight is 256 g/mol. The SMILES string of the molecule is Cc1ccc(C(CCS(C)(=O)=O)NN)c(C)c1. The largest absolute Gasteiger partial charge is 0.271 e. The molecule has 0 saturated heterocycles. The van der Waals surface area contributed by atoms with E-state index in [1.807, 2.05) is 26.0 Å². The van der Waals surface area contributed by atoms with Gasteiger partial charge in [0, 0.05) is 12.3 Å². The molecule has 0 saturated carbocycles. The van der Waals surface area contributed by atoms with Crippen LogP contribution < -0.4 is 11.3 Å². The number of benzene rings is 1. The Hall–Kier alpha value is -0.910. The molecule has 0 bridgehead atoms. The lowest BCUT2D eigenvalue weighted by Crippen LogP contribution is -2.30. The van der Waals surface area contributed by atoms with Crippen molar-refractivity contribution in [3.8, 4) is 0 Å². The topological polar surface area (TPSA) is 72.2 Å². The van der Waals surface area contributed by atoms with Crippen LogP contribution >= 0.6 is 0 Å². The first kappa shape index (κ1) is 14.2. The van der Waals surface area contributed by atoms with E-state index in [9.17, 15) is 8.42 Å². The maximum Gasteiger partial charge on any atom is 0.147 e. The van der Waals surface area contributed by atoms with E-state index >= 15 is 0 Å². The highest BCUT2D eigenvalue weighted by Gasteiger charge is 2.14. The average Bonchev–Trinajstić information content (AvgIpc) is 2.19. The van der Waals surface area contributed by atoms with Crippen LogP contribution in [0, 0.1) is 13.8 Å². The van der Waals surface area contributed by atoms with E-state index in [2.05, 4.69) is 11.5 Å². The maximum absolute atomic E-state index is 11.2. The van der Waals surface area contributed by atoms with E-state index < -0.39 is 9.84 Å². The molecule has 1 aromatic rings. The van der Waals surface area contributed by atoms with Gasteiger partial charge in [0.25, 0.3) is 0 Å². The first-order valence-corrected chi connectivity index (χ1v) is 7.60. The smallest absolute Gasteiger partial charge is 0.147 e. The Kier molecular flexibility index (Phi) is 4.68. The van der Waals surface area contributed by atoms with Crippen molar-refractivity contribution in [1.82, 2.24) is 5.43 Å². The summed E-state index contributed by atoms with van der Waals surface area (Å²) in [4.78, 5) is 0. The monoisotopic (exact) mass is 256 g/mol. The Morgan fingerprint density at radius 2 is 2.00 bits per heavy atom. The standard InChI is InChI=1S/C12H20N2O2S/c1-9-4-5-11(10(2)8-9)12(14-13)6-7-17(3,15)16/h4-5,8,12,14H,6-7,13H2,1-3H3. The van der Waals surface area contributed by atoms with Crippen molar-refractivity contribution in [2.24, 2.45) is 5.84 Å². The minimum Gasteiger partial charge on any atom is -0.271 e. The number of rotatable bonds is 5. The van der Waals surface area contributed by atoms with Crippen molar-refractivity contribution in [2.75, 3.05) is 12.0 Å². The number of hydrogen-bond donors (Lipinski definition) is 2. The highest BCUT2D eigenvalue weighted by Crippen LogP contribution is 2.21. The van der Waals surface area contributed by atoms with E-state index in [0.29, 0.717) is 6.42 Å². The van der Waals surface area contributed by atoms with Crippen LogP contribution in [0.25, 0.3) is 0 Å². The lowest BCUT2D eigenvalue weighted by molar-refractivity contribution is 0.529. The maximum atomic E-state index is 11.2. The molecule has 0 heterocycles. The number of hydrogen-bond acceptors (Lipinski definition) is 4. The van der Waals surface area contributed by atoms with Crippen LogP contribution in [0.5, 0.6) is 0 Å². The van der Waals surface area contributed by atoms with Crippen LogP contribution in [-0.2, 0) is 9.84 Å². The van der Waals surface area contributed by atoms with Gasteiger partial charge in [-0.2, -0.15) is 0 Å². The number of hydrazine groups is 1. The Morgan fingerprint density at radius 1 is 1.35 bits per heavy atom. The van der Waals surface area contributed by atoms with Gasteiger partial charge in [0.15, 0.2) is 0 Å². The fraction of sp³-hybridized carbons (Fsp3) is 0.500. The number of nitrogens with two attached hydrogens (primary N) is 1. The molecule has 0 aliphatic heterocycles. The summed E-state index contributed by atoms with van der Waals surface area (Å²) >= 11 is 0. The van der Waals surface area contributed by atoms with E-state index in [0.717, 1.165) is 11.1 Å². The molecule has 17 heavy (non-hydrogen) atoms. The van der Waals surface area contributed by atoms with Gasteiger partial charge >= 0.3 is 0 Å². The molecule has 4 nitrogen and oxygen atoms in total. The zero-order chi connectivity index (χ0) is 13.1. The molecule has 0 fully saturated rings. The third kappa shape index (κ3) is 4.46. The molecule has 0 aliphatic rings. The van der Waals surface area contributed by atoms with Gasteiger partial charge in [-0.1, -0.05) is 23.8 Å². The molecule has 1 atom stereocenters. The summed E-state index contributed by atoms with van der Waals surface area (Å²) in [7, 11) is -2.95. The van der Waals surface area contributed by atoms with Gasteiger partial charge in [0.1, 0.15) is 9.84 Å². The quantitative estimate of drug-likeness (QED) is 0.614. The lowest BCUT2D eigenvalue weighted by Gasteiger charge is -2.18. The van der Waals surface area contributed by atoms with Crippen molar-refractivity contribution in [3.05, 3.63) is 34.9 Å². The van der Waals surface area contributed by atoms with Gasteiger partial charge in [0.05, 0.1) is 5.75 Å². The summed E-state index contributed by atoms with van der Waals surface area (Å²) in [5.74, 6) is 5.63. The zero-order valence-corrected chi connectivity index (χ0v) is 11.3. The number of nitrogens with one attached hydrogen (secondary N) is 1. The third-order valence-corrected chi connectivity index (χ3v) is 3.76. The molecular formula is C12H20N2O2S. The van der Waals surface area contributed by atoms with Crippen LogP contribution in [0.3, 0.4) is 0 Å². The number of aryl methyl sites for hydroxylation is 2. The second-order valence-electron chi connectivity index (χ2n) is 4.50. The Labute approximate surface area is 103 Å². The fourth-order valence-corrected chi connectivity index (χ4v) is 2.54. The summed E-state index contributed by atoms with van der Waals surface area (Å²) in [5, 5.41) is 0. The van der Waals surface area contributed by atoms with E-state index in [1.54, 1.807) is 0 Å². The molecule has 1 unspecified atom stereocenters. The Bertz CT molecular complexity index is 483. The first-order valence-electron chi connectivity index (χ1n) is 5.54. The summed E-state index contributed by atoms with van der Waals surface area (Å²) in [5.41, 5.74) is 6.06. The summed E-state index contributed by atoms with van der Waals surface area (Å²) in [6.07, 6.45) is 1.72. The molecule has 0 aliphatic carbocycles. The first-order chi connectivity index (χ1) is 7.83. The van der Waals surface area contributed by atoms with Crippen molar-refractivity contribution in [3.63, 3.8) is 0 Å². The van der Waals surface area contributed by atoms with Gasteiger partial charge in [-0.15, -0.1) is 0 Å². The summed E-state index contributed by atoms with van der Waals surface area (Å²) < 4.78 is 22.3. The van der Waals surface area contributed by atoms with Crippen molar-refractivity contribution in [1.29, 1.82) is 0 Å². The van der Waals surface area contributed by atoms with Crippen molar-refractivity contribution in [2.45, 2.75) is 26.3 Å². The minimum absolute atomic E-state index is 0.120. The highest BCUT2D eigenvalue weighted by molar-refractivity contribution is 7.90. The second kappa shape index (κ2) is 5.62. The van der Waals surface area contributed by atoms with Crippen LogP contribution in [0.4, 0.5) is 0 Å². The van der Waals surface area contributed by atoms with Crippen LogP contribution in [0.15, 0.2) is 18.2 Å². The molecule has 0 radical (unpaired) electrons. The van der Waals surface area contributed by atoms with Crippen molar-refractivity contribution < 1.29 is 8.42 Å². The minimum atomic E-state index is -2.95. The van der Waals surface area contributed by atoms with Gasteiger partial charge in [-0.25, -0.2) is 8.42 Å². The van der Waals surface area contributed by atoms with Crippen LogP contribution in [0.2, 0.25) is 0 Å². The molecular weight excluding hydrogens is 236 g/mol. The summed E-state index contributed by atoms with van der Waals surface area (Å²) in [6.45, 7) is 4.03. The number of sulfone groups is 1. The Morgan fingerprint density at radius 3 is 2.47 bits per heavy atom. The molecule has 1 rings (SSSR count). The van der Waals surface area contributed by atoms with Gasteiger partial charge in [-0.3, -0.25) is 11.3 Å². The van der Waals surface area contributed by atoms with Gasteiger partial charge < -0.3 is 0 Å². The lowest BCUT2D eigenvalue weighted by atomic mass is 9.98. The normalized spacial score (nSPS) is 13.6. The Balaban J connectivity index is 2.86. The van der Waals surface area contributed by atoms with E-state index in [-0.39, 0.29) is 11.8 Å². The zero-order valence-electron chi connectivity index (χ0n) is 10.5. The second-order valence-corrected chi connectivity index (χ2v) is 6.76. The fourth-order valence-electron chi connectivity index (χ4n) is 1.88. The molecule has 0 amide bonds. The van der Waals surface area contributed by atoms with Crippen molar-refractivity contribution >= 4 is 9.84 Å². The third-order valence-electron chi connectivity index (χ3n) is 2.78. The molecule has 0 spiro atoms.